The van der Waals surface area contributed by atoms with Crippen molar-refractivity contribution >= 4 is 16.0 Å². The Morgan fingerprint density at radius 1 is 1.48 bits per heavy atom. The molecule has 0 saturated heterocycles. The molecule has 0 aliphatic heterocycles. The van der Waals surface area contributed by atoms with Crippen LogP contribution in [-0.2, 0) is 27.8 Å². The number of carboxylic acid groups (broad SMARTS) is 1. The molecule has 0 aromatic carbocycles. The Hall–Kier alpha value is -1.41. The zero-order valence-corrected chi connectivity index (χ0v) is 12.7. The number of nitrogens with one attached hydrogen (secondary N) is 1. The highest BCUT2D eigenvalue weighted by Crippen LogP contribution is 2.29. The van der Waals surface area contributed by atoms with Gasteiger partial charge in [0.1, 0.15) is 0 Å². The molecule has 0 spiro atoms. The molecule has 21 heavy (non-hydrogen) atoms. The number of hydrogen-bond acceptors (Lipinski definition) is 5. The minimum atomic E-state index is -3.69. The molecule has 1 aliphatic carbocycles. The summed E-state index contributed by atoms with van der Waals surface area (Å²) < 4.78 is 32.1. The van der Waals surface area contributed by atoms with Crippen molar-refractivity contribution in [3.8, 4) is 0 Å². The van der Waals surface area contributed by atoms with Crippen molar-refractivity contribution in [2.45, 2.75) is 50.8 Å². The molecule has 0 amide bonds. The van der Waals surface area contributed by atoms with Crippen LogP contribution >= 0.6 is 0 Å². The first-order valence-corrected chi connectivity index (χ1v) is 8.64. The Morgan fingerprint density at radius 3 is 2.81 bits per heavy atom. The van der Waals surface area contributed by atoms with E-state index in [1.807, 2.05) is 6.92 Å². The maximum Gasteiger partial charge on any atom is 0.307 e. The molecule has 2 atom stereocenters. The second kappa shape index (κ2) is 6.57. The van der Waals surface area contributed by atoms with E-state index in [1.165, 1.54) is 0 Å². The molecular weight excluding hydrogens is 296 g/mol. The Balaban J connectivity index is 2.04. The van der Waals surface area contributed by atoms with Crippen molar-refractivity contribution in [1.82, 2.24) is 9.88 Å². The van der Waals surface area contributed by atoms with E-state index in [2.05, 4.69) is 9.88 Å². The lowest BCUT2D eigenvalue weighted by molar-refractivity contribution is -0.142. The topological polar surface area (TPSA) is 110 Å². The van der Waals surface area contributed by atoms with E-state index >= 15 is 0 Å². The number of rotatable bonds is 6. The van der Waals surface area contributed by atoms with Crippen molar-refractivity contribution in [1.29, 1.82) is 0 Å². The van der Waals surface area contributed by atoms with E-state index in [9.17, 15) is 18.3 Å². The van der Waals surface area contributed by atoms with Gasteiger partial charge >= 0.3 is 5.97 Å². The Labute approximate surface area is 123 Å². The van der Waals surface area contributed by atoms with E-state index in [1.54, 1.807) is 6.07 Å². The summed E-state index contributed by atoms with van der Waals surface area (Å²) in [5.74, 6) is -1.45. The van der Waals surface area contributed by atoms with Crippen LogP contribution in [0.5, 0.6) is 0 Å². The van der Waals surface area contributed by atoms with Crippen LogP contribution in [0.3, 0.4) is 0 Å². The third-order valence-corrected chi connectivity index (χ3v) is 5.74. The highest BCUT2D eigenvalue weighted by Gasteiger charge is 2.39. The molecule has 2 N–H and O–H groups in total. The summed E-state index contributed by atoms with van der Waals surface area (Å²) in [7, 11) is -3.69. The summed E-state index contributed by atoms with van der Waals surface area (Å²) in [6, 6.07) is 1.69. The minimum absolute atomic E-state index is 0.00181. The molecular formula is C13H20N2O5S. The van der Waals surface area contributed by atoms with Crippen LogP contribution < -0.4 is 4.72 Å². The van der Waals surface area contributed by atoms with Crippen LogP contribution in [0.1, 0.15) is 44.1 Å². The van der Waals surface area contributed by atoms with Gasteiger partial charge in [-0.1, -0.05) is 24.9 Å². The van der Waals surface area contributed by atoms with Crippen LogP contribution in [0.25, 0.3) is 0 Å². The van der Waals surface area contributed by atoms with E-state index in [4.69, 9.17) is 4.52 Å². The number of nitrogens with zero attached hydrogens (tertiary/aromatic N) is 1. The Bertz CT molecular complexity index is 595. The fraction of sp³-hybridized carbons (Fsp3) is 0.692. The maximum absolute atomic E-state index is 12.3. The van der Waals surface area contributed by atoms with Gasteiger partial charge in [0.2, 0.25) is 10.0 Å². The van der Waals surface area contributed by atoms with Crippen LogP contribution in [0.2, 0.25) is 0 Å². The lowest BCUT2D eigenvalue weighted by atomic mass is 9.89. The van der Waals surface area contributed by atoms with Gasteiger partial charge < -0.3 is 9.63 Å². The fourth-order valence-corrected chi connectivity index (χ4v) is 4.35. The molecule has 1 fully saturated rings. The van der Waals surface area contributed by atoms with E-state index in [-0.39, 0.29) is 6.54 Å². The maximum atomic E-state index is 12.3. The molecule has 1 aliphatic rings. The predicted molar refractivity (Wildman–Crippen MR) is 75.0 cm³/mol. The lowest BCUT2D eigenvalue weighted by Gasteiger charge is -2.28. The van der Waals surface area contributed by atoms with Gasteiger partial charge in [0, 0.05) is 6.07 Å². The molecule has 1 heterocycles. The zero-order valence-electron chi connectivity index (χ0n) is 11.9. The number of hydrogen-bond donors (Lipinski definition) is 2. The average molecular weight is 316 g/mol. The average Bonchev–Trinajstić information content (AvgIpc) is 2.93. The number of aromatic nitrogens is 1. The smallest absolute Gasteiger partial charge is 0.307 e. The predicted octanol–water partition coefficient (Wildman–Crippen LogP) is 1.30. The van der Waals surface area contributed by atoms with E-state index < -0.39 is 27.2 Å². The molecule has 7 nitrogen and oxygen atoms in total. The third kappa shape index (κ3) is 3.82. The van der Waals surface area contributed by atoms with Gasteiger partial charge in [0.15, 0.2) is 5.76 Å². The molecule has 0 radical (unpaired) electrons. The number of carbonyl (C=O) groups is 1. The van der Waals surface area contributed by atoms with Crippen LogP contribution in [0.15, 0.2) is 10.6 Å². The van der Waals surface area contributed by atoms with Crippen molar-refractivity contribution < 1.29 is 22.8 Å². The first kappa shape index (κ1) is 16.0. The van der Waals surface area contributed by atoms with Gasteiger partial charge in [0.25, 0.3) is 0 Å². The number of aryl methyl sites for hydroxylation is 1. The van der Waals surface area contributed by atoms with Gasteiger partial charge in [-0.3, -0.25) is 4.79 Å². The van der Waals surface area contributed by atoms with Gasteiger partial charge in [-0.05, 0) is 19.3 Å². The monoisotopic (exact) mass is 316 g/mol. The van der Waals surface area contributed by atoms with Crippen molar-refractivity contribution in [3.05, 3.63) is 17.5 Å². The molecule has 1 aromatic heterocycles. The molecule has 2 rings (SSSR count). The summed E-state index contributed by atoms with van der Waals surface area (Å²) in [5.41, 5.74) is 0.755. The SMILES string of the molecule is CCc1cc(CNS(=O)(=O)C2CCCCC2C(=O)O)on1. The largest absolute Gasteiger partial charge is 0.481 e. The third-order valence-electron chi connectivity index (χ3n) is 3.84. The normalized spacial score (nSPS) is 23.1. The van der Waals surface area contributed by atoms with E-state index in [0.29, 0.717) is 25.0 Å². The zero-order chi connectivity index (χ0) is 15.5. The van der Waals surface area contributed by atoms with Crippen molar-refractivity contribution in [2.75, 3.05) is 0 Å². The molecule has 8 heteroatoms. The standard InChI is InChI=1S/C13H20N2O5S/c1-2-9-7-10(20-15-9)8-14-21(18,19)12-6-4-3-5-11(12)13(16)17/h7,11-12,14H,2-6,8H2,1H3,(H,16,17). The van der Waals surface area contributed by atoms with Crippen LogP contribution in [0.4, 0.5) is 0 Å². The second-order valence-corrected chi connectivity index (χ2v) is 7.26. The second-order valence-electron chi connectivity index (χ2n) is 5.27. The Morgan fingerprint density at radius 2 is 2.19 bits per heavy atom. The molecule has 1 saturated carbocycles. The minimum Gasteiger partial charge on any atom is -0.481 e. The Kier molecular flexibility index (Phi) is 5.00. The molecule has 118 valence electrons. The highest BCUT2D eigenvalue weighted by atomic mass is 32.2. The van der Waals surface area contributed by atoms with E-state index in [0.717, 1.165) is 18.5 Å². The summed E-state index contributed by atoms with van der Waals surface area (Å²) in [6.07, 6.45) is 2.98. The first-order valence-electron chi connectivity index (χ1n) is 7.09. The van der Waals surface area contributed by atoms with Gasteiger partial charge in [-0.15, -0.1) is 0 Å². The van der Waals surface area contributed by atoms with Gasteiger partial charge in [0.05, 0.1) is 23.4 Å². The van der Waals surface area contributed by atoms with Gasteiger partial charge in [-0.25, -0.2) is 13.1 Å². The molecule has 1 aromatic rings. The summed E-state index contributed by atoms with van der Waals surface area (Å²) in [6.45, 7) is 1.92. The summed E-state index contributed by atoms with van der Waals surface area (Å²) in [5, 5.41) is 12.1. The number of aliphatic carboxylic acids is 1. The number of carboxylic acids is 1. The quantitative estimate of drug-likeness (QED) is 0.818. The first-order chi connectivity index (χ1) is 9.94. The lowest BCUT2D eigenvalue weighted by Crippen LogP contribution is -2.43. The van der Waals surface area contributed by atoms with Crippen LogP contribution in [0, 0.1) is 5.92 Å². The highest BCUT2D eigenvalue weighted by molar-refractivity contribution is 7.90. The molecule has 0 bridgehead atoms. The van der Waals surface area contributed by atoms with Crippen LogP contribution in [-0.4, -0.2) is 29.9 Å². The van der Waals surface area contributed by atoms with Gasteiger partial charge in [-0.2, -0.15) is 0 Å². The summed E-state index contributed by atoms with van der Waals surface area (Å²) in [4.78, 5) is 11.2. The van der Waals surface area contributed by atoms with Crippen molar-refractivity contribution in [2.24, 2.45) is 5.92 Å². The summed E-state index contributed by atoms with van der Waals surface area (Å²) >= 11 is 0. The molecule has 2 unspecified atom stereocenters. The van der Waals surface area contributed by atoms with Crippen molar-refractivity contribution in [3.63, 3.8) is 0 Å². The fourth-order valence-electron chi connectivity index (χ4n) is 2.64. The number of sulfonamides is 1.